The second-order valence-electron chi connectivity index (χ2n) is 4.20. The molecule has 0 N–H and O–H groups in total. The summed E-state index contributed by atoms with van der Waals surface area (Å²) in [6.07, 6.45) is 2.77. The third-order valence-electron chi connectivity index (χ3n) is 3.21. The third-order valence-corrected chi connectivity index (χ3v) is 3.64. The first-order chi connectivity index (χ1) is 8.72. The monoisotopic (exact) mass is 261 g/mol. The summed E-state index contributed by atoms with van der Waals surface area (Å²) >= 11 is 5.61. The minimum atomic E-state index is 0.882. The van der Waals surface area contributed by atoms with Gasteiger partial charge in [0.25, 0.3) is 0 Å². The minimum Gasteiger partial charge on any atom is -0.311 e. The first-order valence-corrected chi connectivity index (χ1v) is 6.88. The zero-order valence-electron chi connectivity index (χ0n) is 11.2. The summed E-state index contributed by atoms with van der Waals surface area (Å²) in [5, 5.41) is 3.37. The van der Waals surface area contributed by atoms with Gasteiger partial charge in [0.05, 0.1) is 0 Å². The summed E-state index contributed by atoms with van der Waals surface area (Å²) in [5.41, 5.74) is 2.15. The Labute approximate surface area is 113 Å². The number of hydrogen-bond donors (Lipinski definition) is 0. The zero-order valence-corrected chi connectivity index (χ0v) is 12.0. The summed E-state index contributed by atoms with van der Waals surface area (Å²) in [6.45, 7) is 8.25. The van der Waals surface area contributed by atoms with Crippen molar-refractivity contribution in [2.75, 3.05) is 18.1 Å². The Kier molecular flexibility index (Phi) is 3.97. The predicted octanol–water partition coefficient (Wildman–Crippen LogP) is 3.31. The predicted molar refractivity (Wildman–Crippen MR) is 79.2 cm³/mol. The number of hydrogen-bond acceptors (Lipinski definition) is 3. The van der Waals surface area contributed by atoms with Gasteiger partial charge in [0, 0.05) is 24.7 Å². The molecule has 0 aliphatic heterocycles. The van der Waals surface area contributed by atoms with E-state index in [2.05, 4.69) is 47.6 Å². The van der Waals surface area contributed by atoms with E-state index in [1.807, 2.05) is 12.3 Å². The Balaban J connectivity index is 2.82. The van der Waals surface area contributed by atoms with E-state index in [0.717, 1.165) is 35.2 Å². The van der Waals surface area contributed by atoms with E-state index in [0.29, 0.717) is 0 Å². The van der Waals surface area contributed by atoms with Crippen molar-refractivity contribution in [2.24, 2.45) is 0 Å². The van der Waals surface area contributed by atoms with Crippen LogP contribution in [-0.4, -0.2) is 22.7 Å². The molecule has 0 unspecified atom stereocenters. The van der Waals surface area contributed by atoms with Gasteiger partial charge in [0.15, 0.2) is 5.65 Å². The molecule has 96 valence electrons. The second-order valence-corrected chi connectivity index (χ2v) is 4.58. The maximum Gasteiger partial charge on any atom is 0.159 e. The Morgan fingerprint density at radius 1 is 1.28 bits per heavy atom. The van der Waals surface area contributed by atoms with Crippen LogP contribution < -0.4 is 5.01 Å². The molecule has 2 rings (SSSR count). The maximum absolute atomic E-state index is 5.61. The largest absolute Gasteiger partial charge is 0.311 e. The van der Waals surface area contributed by atoms with Crippen molar-refractivity contribution in [1.82, 2.24) is 9.66 Å². The van der Waals surface area contributed by atoms with Crippen molar-refractivity contribution < 1.29 is 0 Å². The SMILES string of the molecule is CCc1cc2cccnc2n(N(CC)CC)c1=S. The van der Waals surface area contributed by atoms with Crippen LogP contribution in [0.25, 0.3) is 11.0 Å². The van der Waals surface area contributed by atoms with Crippen LogP contribution >= 0.6 is 12.2 Å². The molecular formula is C14H19N3S. The minimum absolute atomic E-state index is 0.882. The normalized spacial score (nSPS) is 10.8. The molecule has 0 aromatic carbocycles. The topological polar surface area (TPSA) is 21.1 Å². The Morgan fingerprint density at radius 3 is 2.61 bits per heavy atom. The Hall–Kier alpha value is -1.42. The highest BCUT2D eigenvalue weighted by atomic mass is 32.1. The lowest BCUT2D eigenvalue weighted by Gasteiger charge is -2.26. The van der Waals surface area contributed by atoms with E-state index in [-0.39, 0.29) is 0 Å². The summed E-state index contributed by atoms with van der Waals surface area (Å²) in [4.78, 5) is 4.49. The van der Waals surface area contributed by atoms with Gasteiger partial charge in [0.2, 0.25) is 0 Å². The molecule has 2 aromatic heterocycles. The highest BCUT2D eigenvalue weighted by Crippen LogP contribution is 2.17. The van der Waals surface area contributed by atoms with Crippen molar-refractivity contribution in [3.8, 4) is 0 Å². The quantitative estimate of drug-likeness (QED) is 0.788. The molecule has 0 bridgehead atoms. The fraction of sp³-hybridized carbons (Fsp3) is 0.429. The van der Waals surface area contributed by atoms with Crippen molar-refractivity contribution in [3.05, 3.63) is 34.6 Å². The zero-order chi connectivity index (χ0) is 13.1. The van der Waals surface area contributed by atoms with Gasteiger partial charge in [-0.2, -0.15) is 0 Å². The number of rotatable bonds is 4. The summed E-state index contributed by atoms with van der Waals surface area (Å²) in [5.74, 6) is 0. The smallest absolute Gasteiger partial charge is 0.159 e. The number of pyridine rings is 2. The maximum atomic E-state index is 5.61. The van der Waals surface area contributed by atoms with E-state index in [1.165, 1.54) is 5.56 Å². The molecule has 0 saturated carbocycles. The molecule has 2 heterocycles. The molecule has 0 aliphatic rings. The van der Waals surface area contributed by atoms with Crippen LogP contribution in [0.2, 0.25) is 0 Å². The number of aryl methyl sites for hydroxylation is 1. The third kappa shape index (κ3) is 2.12. The van der Waals surface area contributed by atoms with Crippen LogP contribution in [0.1, 0.15) is 26.3 Å². The average molecular weight is 261 g/mol. The lowest BCUT2D eigenvalue weighted by molar-refractivity contribution is 0.621. The van der Waals surface area contributed by atoms with Crippen LogP contribution in [0.4, 0.5) is 0 Å². The van der Waals surface area contributed by atoms with Crippen LogP contribution in [0.15, 0.2) is 24.4 Å². The molecule has 0 aliphatic carbocycles. The molecule has 0 saturated heterocycles. The Morgan fingerprint density at radius 2 is 2.00 bits per heavy atom. The second kappa shape index (κ2) is 5.48. The van der Waals surface area contributed by atoms with Crippen LogP contribution in [-0.2, 0) is 6.42 Å². The molecule has 0 amide bonds. The molecule has 0 spiro atoms. The van der Waals surface area contributed by atoms with Crippen molar-refractivity contribution >= 4 is 23.3 Å². The number of fused-ring (bicyclic) bond motifs is 1. The van der Waals surface area contributed by atoms with Gasteiger partial charge >= 0.3 is 0 Å². The first-order valence-electron chi connectivity index (χ1n) is 6.47. The molecule has 0 atom stereocenters. The van der Waals surface area contributed by atoms with Gasteiger partial charge in [-0.05, 0) is 44.0 Å². The van der Waals surface area contributed by atoms with Crippen molar-refractivity contribution in [1.29, 1.82) is 0 Å². The van der Waals surface area contributed by atoms with E-state index in [4.69, 9.17) is 12.2 Å². The fourth-order valence-electron chi connectivity index (χ4n) is 2.20. The molecule has 0 radical (unpaired) electrons. The first kappa shape index (κ1) is 13.0. The molecule has 4 heteroatoms. The molecule has 2 aromatic rings. The number of nitrogens with zero attached hydrogens (tertiary/aromatic N) is 3. The van der Waals surface area contributed by atoms with E-state index >= 15 is 0 Å². The lowest BCUT2D eigenvalue weighted by atomic mass is 10.2. The van der Waals surface area contributed by atoms with Gasteiger partial charge in [-0.3, -0.25) is 0 Å². The molecular weight excluding hydrogens is 242 g/mol. The highest BCUT2D eigenvalue weighted by molar-refractivity contribution is 7.71. The Bertz CT molecular complexity index is 600. The van der Waals surface area contributed by atoms with Gasteiger partial charge in [-0.15, -0.1) is 0 Å². The molecule has 18 heavy (non-hydrogen) atoms. The van der Waals surface area contributed by atoms with Crippen molar-refractivity contribution in [2.45, 2.75) is 27.2 Å². The lowest BCUT2D eigenvalue weighted by Crippen LogP contribution is -2.35. The van der Waals surface area contributed by atoms with E-state index in [9.17, 15) is 0 Å². The standard InChI is InChI=1S/C14H19N3S/c1-4-11-10-12-8-7-9-15-13(12)17(14(11)18)16(5-2)6-3/h7-10H,4-6H2,1-3H3. The summed E-state index contributed by atoms with van der Waals surface area (Å²) < 4.78 is 2.97. The molecule has 0 fully saturated rings. The molecule has 3 nitrogen and oxygen atoms in total. The highest BCUT2D eigenvalue weighted by Gasteiger charge is 2.10. The van der Waals surface area contributed by atoms with Crippen LogP contribution in [0.3, 0.4) is 0 Å². The fourth-order valence-corrected chi connectivity index (χ4v) is 2.61. The summed E-state index contributed by atoms with van der Waals surface area (Å²) in [6, 6.07) is 6.22. The number of aromatic nitrogens is 2. The van der Waals surface area contributed by atoms with Gasteiger partial charge in [-0.25, -0.2) is 9.66 Å². The van der Waals surface area contributed by atoms with Gasteiger partial charge < -0.3 is 5.01 Å². The van der Waals surface area contributed by atoms with Gasteiger partial charge in [0.1, 0.15) is 4.64 Å². The van der Waals surface area contributed by atoms with E-state index in [1.54, 1.807) is 0 Å². The van der Waals surface area contributed by atoms with Crippen LogP contribution in [0.5, 0.6) is 0 Å². The average Bonchev–Trinajstić information content (AvgIpc) is 2.42. The summed E-state index contributed by atoms with van der Waals surface area (Å²) in [7, 11) is 0. The van der Waals surface area contributed by atoms with Crippen LogP contribution in [0, 0.1) is 4.64 Å². The van der Waals surface area contributed by atoms with Gasteiger partial charge in [-0.1, -0.05) is 19.1 Å². The van der Waals surface area contributed by atoms with Crippen molar-refractivity contribution in [3.63, 3.8) is 0 Å². The van der Waals surface area contributed by atoms with E-state index < -0.39 is 0 Å².